The maximum Gasteiger partial charge on any atom is 0.532 e. The lowest BCUT2D eigenvalue weighted by Crippen LogP contribution is -2.56. The van der Waals surface area contributed by atoms with Crippen molar-refractivity contribution in [2.24, 2.45) is 0 Å². The number of quaternary nitrogens is 1. The third-order valence-electron chi connectivity index (χ3n) is 4.19. The number of allylic oxidation sites excluding steroid dienone is 2. The third-order valence-corrected chi connectivity index (χ3v) is 4.57. The van der Waals surface area contributed by atoms with Gasteiger partial charge in [-0.15, -0.1) is 3.89 Å². The summed E-state index contributed by atoms with van der Waals surface area (Å²) in [5, 5.41) is 3.00. The molecule has 0 aromatic carbocycles. The number of nitrogens with one attached hydrogen (secondary N) is 1. The van der Waals surface area contributed by atoms with Crippen molar-refractivity contribution in [2.45, 2.75) is 38.3 Å². The number of carbonyl (C=O) groups excluding carboxylic acids is 2. The van der Waals surface area contributed by atoms with Gasteiger partial charge in [0.05, 0.1) is 26.4 Å². The number of nitrogens with zero attached hydrogens (tertiary/aromatic N) is 1. The van der Waals surface area contributed by atoms with E-state index in [9.17, 15) is 9.59 Å². The van der Waals surface area contributed by atoms with E-state index in [1.165, 1.54) is 0 Å². The van der Waals surface area contributed by atoms with E-state index < -0.39 is 28.0 Å². The van der Waals surface area contributed by atoms with Crippen molar-refractivity contribution in [3.63, 3.8) is 0 Å². The maximum atomic E-state index is 12.7. The molecule has 1 N–H and O–H groups in total. The number of amides is 1. The average Bonchev–Trinajstić information content (AvgIpc) is 3.03. The Labute approximate surface area is 146 Å². The summed E-state index contributed by atoms with van der Waals surface area (Å²) < 4.78 is 16.4. The average molecular weight is 353 g/mol. The van der Waals surface area contributed by atoms with Crippen LogP contribution >= 0.6 is 12.8 Å². The molecule has 0 aromatic rings. The fourth-order valence-electron chi connectivity index (χ4n) is 2.87. The van der Waals surface area contributed by atoms with Gasteiger partial charge in [0.25, 0.3) is 0 Å². The van der Waals surface area contributed by atoms with E-state index in [2.05, 4.69) is 24.7 Å². The van der Waals surface area contributed by atoms with Crippen LogP contribution in [0.15, 0.2) is 35.8 Å². The van der Waals surface area contributed by atoms with Crippen molar-refractivity contribution < 1.29 is 27.7 Å². The van der Waals surface area contributed by atoms with Gasteiger partial charge in [0.15, 0.2) is 11.9 Å². The number of hydrogen-bond donors (Lipinski definition) is 2. The number of carbonyl (C=O) groups is 2. The molecule has 0 saturated carbocycles. The molecule has 3 aliphatic rings. The van der Waals surface area contributed by atoms with Crippen LogP contribution in [0.2, 0.25) is 0 Å². The molecule has 24 heavy (non-hydrogen) atoms. The minimum absolute atomic E-state index is 0.112. The molecule has 0 spiro atoms. The molecule has 8 heteroatoms. The topological polar surface area (TPSA) is 73.9 Å². The summed E-state index contributed by atoms with van der Waals surface area (Å²) in [5.74, 6) is 0.693. The number of ketones is 1. The van der Waals surface area contributed by atoms with Gasteiger partial charge in [0.1, 0.15) is 11.4 Å². The number of thiol groups is 1. The van der Waals surface area contributed by atoms with Crippen LogP contribution in [0, 0.1) is 0 Å². The molecule has 0 aromatic heterocycles. The van der Waals surface area contributed by atoms with Gasteiger partial charge >= 0.3 is 12.4 Å². The molecule has 7 nitrogen and oxygen atoms in total. The minimum Gasteiger partial charge on any atom is -0.479 e. The van der Waals surface area contributed by atoms with Crippen LogP contribution in [0.25, 0.3) is 0 Å². The largest absolute Gasteiger partial charge is 0.532 e. The highest BCUT2D eigenvalue weighted by molar-refractivity contribution is 7.74. The van der Waals surface area contributed by atoms with Gasteiger partial charge < -0.3 is 14.2 Å². The Bertz CT molecular complexity index is 680. The fourth-order valence-corrected chi connectivity index (χ4v) is 3.04. The molecular formula is C16H21N2O5S+. The quantitative estimate of drug-likeness (QED) is 0.582. The molecule has 0 radical (unpaired) electrons. The summed E-state index contributed by atoms with van der Waals surface area (Å²) in [6.45, 7) is 7.71. The van der Waals surface area contributed by atoms with Crippen molar-refractivity contribution in [1.29, 1.82) is 0 Å². The van der Waals surface area contributed by atoms with E-state index in [1.807, 2.05) is 0 Å². The smallest absolute Gasteiger partial charge is 0.479 e. The van der Waals surface area contributed by atoms with Gasteiger partial charge in [-0.05, 0) is 13.8 Å². The Morgan fingerprint density at radius 3 is 2.88 bits per heavy atom. The second kappa shape index (κ2) is 5.65. The normalized spacial score (nSPS) is 30.5. The molecule has 1 amide bonds. The first-order valence-corrected chi connectivity index (χ1v) is 8.04. The molecule has 1 saturated heterocycles. The van der Waals surface area contributed by atoms with Gasteiger partial charge in [-0.3, -0.25) is 4.79 Å². The van der Waals surface area contributed by atoms with E-state index in [4.69, 9.17) is 14.2 Å². The van der Waals surface area contributed by atoms with Gasteiger partial charge in [0.2, 0.25) is 5.78 Å². The van der Waals surface area contributed by atoms with Crippen molar-refractivity contribution in [1.82, 2.24) is 5.32 Å². The zero-order chi connectivity index (χ0) is 17.7. The van der Waals surface area contributed by atoms with Crippen molar-refractivity contribution >= 4 is 24.7 Å². The van der Waals surface area contributed by atoms with E-state index >= 15 is 0 Å². The Balaban J connectivity index is 1.81. The highest BCUT2D eigenvalue weighted by atomic mass is 32.1. The van der Waals surface area contributed by atoms with E-state index in [1.54, 1.807) is 33.0 Å². The molecule has 1 fully saturated rings. The van der Waals surface area contributed by atoms with Gasteiger partial charge in [-0.1, -0.05) is 18.7 Å². The molecule has 1 aliphatic carbocycles. The van der Waals surface area contributed by atoms with E-state index in [-0.39, 0.29) is 18.0 Å². The number of Topliss-reactive ketones (excluding diaryl/α,β-unsaturated/α-hetero) is 1. The molecule has 3 rings (SSSR count). The second-order valence-corrected chi connectivity index (χ2v) is 7.53. The Kier molecular flexibility index (Phi) is 4.01. The predicted octanol–water partition coefficient (Wildman–Crippen LogP) is 1.79. The zero-order valence-electron chi connectivity index (χ0n) is 13.9. The highest BCUT2D eigenvalue weighted by Crippen LogP contribution is 2.40. The summed E-state index contributed by atoms with van der Waals surface area (Å²) in [4.78, 5) is 24.7. The predicted molar refractivity (Wildman–Crippen MR) is 88.4 cm³/mol. The van der Waals surface area contributed by atoms with Gasteiger partial charge in [0, 0.05) is 12.0 Å². The number of rotatable bonds is 2. The Hall–Kier alpha value is -1.77. The van der Waals surface area contributed by atoms with Crippen LogP contribution in [-0.4, -0.2) is 47.4 Å². The number of hydrogen-bond acceptors (Lipinski definition) is 7. The summed E-state index contributed by atoms with van der Waals surface area (Å²) in [7, 11) is 1.56. The van der Waals surface area contributed by atoms with Gasteiger partial charge in [-0.2, -0.15) is 4.79 Å². The van der Waals surface area contributed by atoms with E-state index in [0.29, 0.717) is 17.9 Å². The first-order valence-electron chi connectivity index (χ1n) is 7.64. The third kappa shape index (κ3) is 2.74. The lowest BCUT2D eigenvalue weighted by Gasteiger charge is -2.32. The lowest BCUT2D eigenvalue weighted by atomic mass is 9.93. The molecule has 2 heterocycles. The highest BCUT2D eigenvalue weighted by Gasteiger charge is 2.52. The summed E-state index contributed by atoms with van der Waals surface area (Å²) in [5.41, 5.74) is -0.255. The number of ether oxygens (including phenoxy) is 3. The van der Waals surface area contributed by atoms with E-state index in [0.717, 1.165) is 0 Å². The standard InChI is InChI=1S/C16H21N2O5S/c1-9-8-17-14(21-9)18(4,24)15(20)22-13-10-6-5-7-11(19)12(10)23-16(13,2)3/h5-6,13-14,17,24H,1,7-8H2,2-4H3/q+1. The van der Waals surface area contributed by atoms with Crippen LogP contribution in [0.3, 0.4) is 0 Å². The summed E-state index contributed by atoms with van der Waals surface area (Å²) >= 11 is 4.38. The van der Waals surface area contributed by atoms with Crippen molar-refractivity contribution in [3.8, 4) is 0 Å². The monoisotopic (exact) mass is 353 g/mol. The Morgan fingerprint density at radius 2 is 2.25 bits per heavy atom. The van der Waals surface area contributed by atoms with Crippen LogP contribution in [-0.2, 0) is 19.0 Å². The molecule has 3 atom stereocenters. The molecular weight excluding hydrogens is 332 g/mol. The minimum atomic E-state index is -0.841. The van der Waals surface area contributed by atoms with Crippen LogP contribution < -0.4 is 5.32 Å². The summed E-state index contributed by atoms with van der Waals surface area (Å²) in [6, 6.07) is 0. The van der Waals surface area contributed by atoms with Crippen LogP contribution in [0.1, 0.15) is 20.3 Å². The molecule has 0 bridgehead atoms. The summed E-state index contributed by atoms with van der Waals surface area (Å²) in [6.07, 6.45) is 1.79. The first-order chi connectivity index (χ1) is 11.1. The fraction of sp³-hybridized carbons (Fsp3) is 0.500. The van der Waals surface area contributed by atoms with Crippen LogP contribution in [0.5, 0.6) is 0 Å². The zero-order valence-corrected chi connectivity index (χ0v) is 14.8. The molecule has 130 valence electrons. The Morgan fingerprint density at radius 1 is 1.54 bits per heavy atom. The van der Waals surface area contributed by atoms with Crippen molar-refractivity contribution in [2.75, 3.05) is 13.6 Å². The molecule has 3 unspecified atom stereocenters. The van der Waals surface area contributed by atoms with Crippen LogP contribution in [0.4, 0.5) is 4.79 Å². The van der Waals surface area contributed by atoms with Gasteiger partial charge in [-0.25, -0.2) is 5.32 Å². The molecule has 2 aliphatic heterocycles. The maximum absolute atomic E-state index is 12.7. The lowest BCUT2D eigenvalue weighted by molar-refractivity contribution is -0.756. The van der Waals surface area contributed by atoms with Crippen molar-refractivity contribution in [3.05, 3.63) is 35.8 Å². The first kappa shape index (κ1) is 17.1. The second-order valence-electron chi connectivity index (χ2n) is 6.70. The SMILES string of the molecule is C=C1CNC([N+](C)(S)C(=O)OC2C3=C(OC2(C)C)C(=O)CC=C3)O1.